The van der Waals surface area contributed by atoms with Gasteiger partial charge in [0.2, 0.25) is 17.6 Å². The van der Waals surface area contributed by atoms with Gasteiger partial charge in [-0.15, -0.1) is 0 Å². The highest BCUT2D eigenvalue weighted by Gasteiger charge is 2.31. The zero-order valence-electron chi connectivity index (χ0n) is 18.8. The Kier molecular flexibility index (Phi) is 6.44. The van der Waals surface area contributed by atoms with Crippen LogP contribution in [0.2, 0.25) is 5.02 Å². The average molecular weight is 466 g/mol. The first kappa shape index (κ1) is 22.1. The Bertz CT molecular complexity index is 1110. The van der Waals surface area contributed by atoms with Crippen LogP contribution in [-0.4, -0.2) is 64.6 Å². The topological polar surface area (TPSA) is 65.7 Å². The quantitative estimate of drug-likeness (QED) is 0.569. The van der Waals surface area contributed by atoms with E-state index in [-0.39, 0.29) is 11.9 Å². The van der Waals surface area contributed by atoms with Crippen LogP contribution in [0.3, 0.4) is 0 Å². The molecule has 1 amide bonds. The second-order valence-electron chi connectivity index (χ2n) is 8.73. The third kappa shape index (κ3) is 4.81. The molecule has 0 spiro atoms. The molecule has 1 unspecified atom stereocenters. The number of hydrogen-bond acceptors (Lipinski definition) is 6. The molecule has 8 heteroatoms. The van der Waals surface area contributed by atoms with Crippen molar-refractivity contribution in [3.63, 3.8) is 0 Å². The van der Waals surface area contributed by atoms with Crippen molar-refractivity contribution in [3.05, 3.63) is 65.0 Å². The van der Waals surface area contributed by atoms with Crippen molar-refractivity contribution in [3.8, 4) is 11.4 Å². The molecule has 2 aliphatic rings. The number of fused-ring (bicyclic) bond motifs is 1. The van der Waals surface area contributed by atoms with Crippen LogP contribution in [-0.2, 0) is 17.8 Å². The molecule has 1 aromatic heterocycles. The van der Waals surface area contributed by atoms with Gasteiger partial charge in [0.15, 0.2) is 0 Å². The van der Waals surface area contributed by atoms with Gasteiger partial charge in [-0.1, -0.05) is 35.0 Å². The van der Waals surface area contributed by atoms with E-state index in [1.165, 1.54) is 5.56 Å². The third-order valence-corrected chi connectivity index (χ3v) is 6.87. The number of para-hydroxylation sites is 1. The number of piperazine rings is 1. The van der Waals surface area contributed by atoms with E-state index >= 15 is 0 Å². The lowest BCUT2D eigenvalue weighted by Crippen LogP contribution is -2.55. The fourth-order valence-electron chi connectivity index (χ4n) is 4.68. The summed E-state index contributed by atoms with van der Waals surface area (Å²) in [6, 6.07) is 15.5. The maximum absolute atomic E-state index is 13.3. The standard InChI is InChI=1S/C25H28ClN5O2/c1-18(25(32)31-12-4-6-19-5-2-3-7-22(19)31)30-15-13-29(14-16-30)17-23-27-24(28-33-23)20-8-10-21(26)11-9-20/h2-3,5,7-11,18H,4,6,12-17H2,1H3. The maximum Gasteiger partial charge on any atom is 0.244 e. The Morgan fingerprint density at radius 1 is 1.06 bits per heavy atom. The van der Waals surface area contributed by atoms with Gasteiger partial charge in [0, 0.05) is 49.0 Å². The smallest absolute Gasteiger partial charge is 0.244 e. The number of carbonyl (C=O) groups is 1. The van der Waals surface area contributed by atoms with E-state index in [2.05, 4.69) is 38.1 Å². The largest absolute Gasteiger partial charge is 0.338 e. The number of amides is 1. The predicted octanol–water partition coefficient (Wildman–Crippen LogP) is 3.88. The molecular formula is C25H28ClN5O2. The summed E-state index contributed by atoms with van der Waals surface area (Å²) in [5.74, 6) is 1.36. The lowest BCUT2D eigenvalue weighted by molar-refractivity contribution is -0.124. The van der Waals surface area contributed by atoms with Crippen LogP contribution in [0, 0.1) is 0 Å². The monoisotopic (exact) mass is 465 g/mol. The van der Waals surface area contributed by atoms with Crippen LogP contribution in [0.1, 0.15) is 24.8 Å². The van der Waals surface area contributed by atoms with E-state index < -0.39 is 0 Å². The van der Waals surface area contributed by atoms with Gasteiger partial charge in [0.1, 0.15) is 0 Å². The Hall–Kier alpha value is -2.74. The summed E-state index contributed by atoms with van der Waals surface area (Å²) in [5.41, 5.74) is 3.23. The molecular weight excluding hydrogens is 438 g/mol. The van der Waals surface area contributed by atoms with Crippen LogP contribution in [0.25, 0.3) is 11.4 Å². The van der Waals surface area contributed by atoms with Gasteiger partial charge in [-0.05, 0) is 55.7 Å². The van der Waals surface area contributed by atoms with E-state index in [4.69, 9.17) is 16.1 Å². The molecule has 3 aromatic rings. The number of anilines is 1. The molecule has 172 valence electrons. The van der Waals surface area contributed by atoms with Crippen molar-refractivity contribution >= 4 is 23.2 Å². The van der Waals surface area contributed by atoms with E-state index in [1.54, 1.807) is 0 Å². The first-order valence-electron chi connectivity index (χ1n) is 11.5. The number of aromatic nitrogens is 2. The highest BCUT2D eigenvalue weighted by atomic mass is 35.5. The van der Waals surface area contributed by atoms with Crippen LogP contribution in [0.4, 0.5) is 5.69 Å². The van der Waals surface area contributed by atoms with E-state index in [1.807, 2.05) is 42.2 Å². The minimum absolute atomic E-state index is 0.141. The molecule has 0 saturated carbocycles. The summed E-state index contributed by atoms with van der Waals surface area (Å²) in [5, 5.41) is 4.78. The zero-order chi connectivity index (χ0) is 22.8. The summed E-state index contributed by atoms with van der Waals surface area (Å²) < 4.78 is 5.47. The molecule has 0 N–H and O–H groups in total. The van der Waals surface area contributed by atoms with Crippen molar-refractivity contribution in [2.75, 3.05) is 37.6 Å². The van der Waals surface area contributed by atoms with Crippen molar-refractivity contribution in [1.82, 2.24) is 19.9 Å². The Morgan fingerprint density at radius 3 is 2.61 bits per heavy atom. The second-order valence-corrected chi connectivity index (χ2v) is 9.17. The number of carbonyl (C=O) groups excluding carboxylic acids is 1. The fourth-order valence-corrected chi connectivity index (χ4v) is 4.81. The van der Waals surface area contributed by atoms with Crippen LogP contribution >= 0.6 is 11.6 Å². The van der Waals surface area contributed by atoms with E-state index in [9.17, 15) is 4.79 Å². The predicted molar refractivity (Wildman–Crippen MR) is 128 cm³/mol. The number of halogens is 1. The first-order valence-corrected chi connectivity index (χ1v) is 11.9. The number of benzene rings is 2. The Balaban J connectivity index is 1.16. The Labute approximate surface area is 198 Å². The lowest BCUT2D eigenvalue weighted by atomic mass is 10.0. The number of nitrogens with zero attached hydrogens (tertiary/aromatic N) is 5. The molecule has 1 atom stereocenters. The molecule has 33 heavy (non-hydrogen) atoms. The SMILES string of the molecule is CC(C(=O)N1CCCc2ccccc21)N1CCN(Cc2nc(-c3ccc(Cl)cc3)no2)CC1. The first-order chi connectivity index (χ1) is 16.1. The molecule has 5 rings (SSSR count). The minimum Gasteiger partial charge on any atom is -0.338 e. The van der Waals surface area contributed by atoms with E-state index in [0.29, 0.717) is 23.3 Å². The number of hydrogen-bond donors (Lipinski definition) is 0. The van der Waals surface area contributed by atoms with Gasteiger partial charge >= 0.3 is 0 Å². The molecule has 2 aliphatic heterocycles. The summed E-state index contributed by atoms with van der Waals surface area (Å²) in [6.07, 6.45) is 2.06. The Morgan fingerprint density at radius 2 is 1.82 bits per heavy atom. The van der Waals surface area contributed by atoms with Crippen molar-refractivity contribution in [2.45, 2.75) is 32.4 Å². The van der Waals surface area contributed by atoms with Crippen LogP contribution < -0.4 is 4.90 Å². The summed E-state index contributed by atoms with van der Waals surface area (Å²) in [7, 11) is 0. The minimum atomic E-state index is -0.141. The maximum atomic E-state index is 13.3. The van der Waals surface area contributed by atoms with Crippen LogP contribution in [0.15, 0.2) is 53.1 Å². The van der Waals surface area contributed by atoms with Gasteiger partial charge in [-0.25, -0.2) is 0 Å². The van der Waals surface area contributed by atoms with Gasteiger partial charge in [0.25, 0.3) is 0 Å². The van der Waals surface area contributed by atoms with Gasteiger partial charge in [0.05, 0.1) is 12.6 Å². The van der Waals surface area contributed by atoms with Gasteiger partial charge in [-0.2, -0.15) is 4.98 Å². The van der Waals surface area contributed by atoms with Gasteiger partial charge in [-0.3, -0.25) is 14.6 Å². The molecule has 2 aromatic carbocycles. The lowest BCUT2D eigenvalue weighted by Gasteiger charge is -2.39. The molecule has 1 saturated heterocycles. The normalized spacial score (nSPS) is 18.2. The molecule has 3 heterocycles. The zero-order valence-corrected chi connectivity index (χ0v) is 19.5. The molecule has 0 aliphatic carbocycles. The summed E-state index contributed by atoms with van der Waals surface area (Å²) in [4.78, 5) is 24.4. The number of aryl methyl sites for hydroxylation is 1. The highest BCUT2D eigenvalue weighted by molar-refractivity contribution is 6.30. The molecule has 7 nitrogen and oxygen atoms in total. The average Bonchev–Trinajstić information content (AvgIpc) is 3.32. The molecule has 0 bridgehead atoms. The van der Waals surface area contributed by atoms with Gasteiger partial charge < -0.3 is 9.42 Å². The van der Waals surface area contributed by atoms with Crippen molar-refractivity contribution in [1.29, 1.82) is 0 Å². The third-order valence-electron chi connectivity index (χ3n) is 6.62. The fraction of sp³-hybridized carbons (Fsp3) is 0.400. The second kappa shape index (κ2) is 9.63. The summed E-state index contributed by atoms with van der Waals surface area (Å²) >= 11 is 5.95. The molecule has 1 fully saturated rings. The summed E-state index contributed by atoms with van der Waals surface area (Å²) in [6.45, 7) is 6.82. The highest BCUT2D eigenvalue weighted by Crippen LogP contribution is 2.28. The number of rotatable bonds is 5. The van der Waals surface area contributed by atoms with Crippen LogP contribution in [0.5, 0.6) is 0 Å². The van der Waals surface area contributed by atoms with Crippen molar-refractivity contribution in [2.24, 2.45) is 0 Å². The molecule has 0 radical (unpaired) electrons. The van der Waals surface area contributed by atoms with E-state index in [0.717, 1.165) is 56.8 Å². The van der Waals surface area contributed by atoms with Crippen molar-refractivity contribution < 1.29 is 9.32 Å².